The molecule has 15 heavy (non-hydrogen) atoms. The van der Waals surface area contributed by atoms with Gasteiger partial charge in [0, 0.05) is 44.0 Å². The van der Waals surface area contributed by atoms with Crippen LogP contribution in [0.1, 0.15) is 26.3 Å². The van der Waals surface area contributed by atoms with Crippen molar-refractivity contribution in [3.05, 3.63) is 24.0 Å². The Morgan fingerprint density at radius 1 is 1.47 bits per heavy atom. The van der Waals surface area contributed by atoms with Crippen LogP contribution >= 0.6 is 0 Å². The largest absolute Gasteiger partial charge is 0.352 e. The fraction of sp³-hybridized carbons (Fsp3) is 0.636. The van der Waals surface area contributed by atoms with Crippen molar-refractivity contribution in [2.24, 2.45) is 0 Å². The molecule has 0 spiro atoms. The van der Waals surface area contributed by atoms with E-state index >= 15 is 0 Å². The van der Waals surface area contributed by atoms with Crippen LogP contribution in [0, 0.1) is 0 Å². The molecule has 0 aliphatic carbocycles. The second-order valence-corrected chi connectivity index (χ2v) is 4.14. The first kappa shape index (κ1) is 12.2. The maximum absolute atomic E-state index is 12.9. The molecule has 0 fully saturated rings. The van der Waals surface area contributed by atoms with E-state index < -0.39 is 5.92 Å². The van der Waals surface area contributed by atoms with Crippen LogP contribution in [0.2, 0.25) is 0 Å². The van der Waals surface area contributed by atoms with E-state index in [-0.39, 0.29) is 5.56 Å². The van der Waals surface area contributed by atoms with Crippen LogP contribution in [0.15, 0.2) is 18.5 Å². The summed E-state index contributed by atoms with van der Waals surface area (Å²) >= 11 is 0. The van der Waals surface area contributed by atoms with Crippen LogP contribution in [-0.2, 0) is 12.5 Å². The van der Waals surface area contributed by atoms with E-state index in [4.69, 9.17) is 0 Å². The zero-order valence-electron chi connectivity index (χ0n) is 9.43. The standard InChI is InChI=1S/C11H18F2N2/c1-9(2)14-5-7-15-6-4-10(8-15)11(3,12)13/h4,6,8-9,14H,5,7H2,1-3H3. The lowest BCUT2D eigenvalue weighted by Gasteiger charge is -2.09. The summed E-state index contributed by atoms with van der Waals surface area (Å²) in [5.41, 5.74) is 0.0760. The van der Waals surface area contributed by atoms with Gasteiger partial charge in [-0.3, -0.25) is 0 Å². The third-order valence-electron chi connectivity index (χ3n) is 2.18. The van der Waals surface area contributed by atoms with Crippen molar-refractivity contribution in [3.63, 3.8) is 0 Å². The Balaban J connectivity index is 2.47. The smallest absolute Gasteiger partial charge is 0.271 e. The average Bonchev–Trinajstić information content (AvgIpc) is 2.51. The van der Waals surface area contributed by atoms with Crippen LogP contribution in [-0.4, -0.2) is 17.2 Å². The second kappa shape index (κ2) is 4.75. The molecule has 0 atom stereocenters. The van der Waals surface area contributed by atoms with Gasteiger partial charge in [-0.05, 0) is 6.07 Å². The molecular weight excluding hydrogens is 198 g/mol. The zero-order chi connectivity index (χ0) is 11.5. The van der Waals surface area contributed by atoms with Crippen molar-refractivity contribution in [3.8, 4) is 0 Å². The van der Waals surface area contributed by atoms with E-state index in [2.05, 4.69) is 19.2 Å². The maximum atomic E-state index is 12.9. The molecule has 1 aromatic heterocycles. The van der Waals surface area contributed by atoms with Crippen LogP contribution in [0.5, 0.6) is 0 Å². The summed E-state index contributed by atoms with van der Waals surface area (Å²) in [6.07, 6.45) is 3.19. The molecule has 0 aliphatic heterocycles. The van der Waals surface area contributed by atoms with Gasteiger partial charge in [-0.1, -0.05) is 13.8 Å². The Morgan fingerprint density at radius 3 is 2.60 bits per heavy atom. The fourth-order valence-corrected chi connectivity index (χ4v) is 1.32. The van der Waals surface area contributed by atoms with E-state index in [1.165, 1.54) is 12.3 Å². The molecule has 2 nitrogen and oxygen atoms in total. The first-order chi connectivity index (χ1) is 6.89. The number of nitrogens with zero attached hydrogens (tertiary/aromatic N) is 1. The van der Waals surface area contributed by atoms with Gasteiger partial charge in [0.05, 0.1) is 0 Å². The fourth-order valence-electron chi connectivity index (χ4n) is 1.32. The van der Waals surface area contributed by atoms with Gasteiger partial charge in [0.15, 0.2) is 0 Å². The maximum Gasteiger partial charge on any atom is 0.271 e. The van der Waals surface area contributed by atoms with Crippen molar-refractivity contribution in [2.45, 2.75) is 39.3 Å². The molecule has 0 bridgehead atoms. The Morgan fingerprint density at radius 2 is 2.13 bits per heavy atom. The molecule has 86 valence electrons. The van der Waals surface area contributed by atoms with E-state index in [0.29, 0.717) is 12.6 Å². The van der Waals surface area contributed by atoms with E-state index in [1.807, 2.05) is 0 Å². The van der Waals surface area contributed by atoms with Gasteiger partial charge < -0.3 is 9.88 Å². The lowest BCUT2D eigenvalue weighted by Crippen LogP contribution is -2.26. The summed E-state index contributed by atoms with van der Waals surface area (Å²) in [5.74, 6) is -2.74. The van der Waals surface area contributed by atoms with Crippen LogP contribution in [0.3, 0.4) is 0 Å². The predicted octanol–water partition coefficient (Wildman–Crippen LogP) is 2.60. The highest BCUT2D eigenvalue weighted by molar-refractivity contribution is 5.15. The van der Waals surface area contributed by atoms with Crippen molar-refractivity contribution >= 4 is 0 Å². The van der Waals surface area contributed by atoms with Crippen molar-refractivity contribution in [1.82, 2.24) is 9.88 Å². The molecule has 0 aromatic carbocycles. The SMILES string of the molecule is CC(C)NCCn1ccc(C(C)(F)F)c1. The molecule has 4 heteroatoms. The Bertz CT molecular complexity index is 300. The molecule has 0 aliphatic rings. The highest BCUT2D eigenvalue weighted by Gasteiger charge is 2.24. The van der Waals surface area contributed by atoms with Gasteiger partial charge in [0.1, 0.15) is 0 Å². The van der Waals surface area contributed by atoms with E-state index in [9.17, 15) is 8.78 Å². The Kier molecular flexibility index (Phi) is 3.85. The van der Waals surface area contributed by atoms with Crippen molar-refractivity contribution in [1.29, 1.82) is 0 Å². The molecule has 1 aromatic rings. The first-order valence-corrected chi connectivity index (χ1v) is 5.17. The monoisotopic (exact) mass is 216 g/mol. The van der Waals surface area contributed by atoms with Gasteiger partial charge in [-0.15, -0.1) is 0 Å². The minimum atomic E-state index is -2.74. The van der Waals surface area contributed by atoms with Gasteiger partial charge in [-0.2, -0.15) is 0 Å². The minimum Gasteiger partial charge on any atom is -0.352 e. The number of hydrogen-bond acceptors (Lipinski definition) is 1. The number of halogens is 2. The average molecular weight is 216 g/mol. The number of nitrogens with one attached hydrogen (secondary N) is 1. The second-order valence-electron chi connectivity index (χ2n) is 4.14. The van der Waals surface area contributed by atoms with Gasteiger partial charge >= 0.3 is 0 Å². The molecule has 1 rings (SSSR count). The third kappa shape index (κ3) is 4.00. The highest BCUT2D eigenvalue weighted by Crippen LogP contribution is 2.26. The zero-order valence-corrected chi connectivity index (χ0v) is 9.43. The molecular formula is C11H18F2N2. The number of rotatable bonds is 5. The predicted molar refractivity (Wildman–Crippen MR) is 57.1 cm³/mol. The molecule has 0 saturated heterocycles. The number of alkyl halides is 2. The summed E-state index contributed by atoms with van der Waals surface area (Å²) in [7, 11) is 0. The lowest BCUT2D eigenvalue weighted by atomic mass is 10.2. The lowest BCUT2D eigenvalue weighted by molar-refractivity contribution is 0.0174. The normalized spacial score (nSPS) is 12.4. The number of aromatic nitrogens is 1. The van der Waals surface area contributed by atoms with Gasteiger partial charge in [0.25, 0.3) is 5.92 Å². The quantitative estimate of drug-likeness (QED) is 0.800. The van der Waals surface area contributed by atoms with Crippen LogP contribution < -0.4 is 5.32 Å². The van der Waals surface area contributed by atoms with Crippen molar-refractivity contribution < 1.29 is 8.78 Å². The third-order valence-corrected chi connectivity index (χ3v) is 2.18. The van der Waals surface area contributed by atoms with Crippen LogP contribution in [0.25, 0.3) is 0 Å². The Hall–Kier alpha value is -0.900. The molecule has 0 radical (unpaired) electrons. The minimum absolute atomic E-state index is 0.0760. The summed E-state index contributed by atoms with van der Waals surface area (Å²) in [6, 6.07) is 1.89. The summed E-state index contributed by atoms with van der Waals surface area (Å²) < 4.78 is 27.6. The Labute approximate surface area is 89.3 Å². The molecule has 0 unspecified atom stereocenters. The highest BCUT2D eigenvalue weighted by atomic mass is 19.3. The summed E-state index contributed by atoms with van der Waals surface area (Å²) in [6.45, 7) is 6.54. The van der Waals surface area contributed by atoms with Crippen molar-refractivity contribution in [2.75, 3.05) is 6.54 Å². The van der Waals surface area contributed by atoms with Gasteiger partial charge in [-0.25, -0.2) is 8.78 Å². The van der Waals surface area contributed by atoms with E-state index in [1.54, 1.807) is 10.8 Å². The molecule has 1 N–H and O–H groups in total. The topological polar surface area (TPSA) is 17.0 Å². The van der Waals surface area contributed by atoms with Crippen LogP contribution in [0.4, 0.5) is 8.78 Å². The summed E-state index contributed by atoms with van der Waals surface area (Å²) in [5, 5.41) is 3.23. The molecule has 1 heterocycles. The molecule has 0 amide bonds. The first-order valence-electron chi connectivity index (χ1n) is 5.17. The summed E-state index contributed by atoms with van der Waals surface area (Å²) in [4.78, 5) is 0. The molecule has 0 saturated carbocycles. The van der Waals surface area contributed by atoms with E-state index in [0.717, 1.165) is 13.5 Å². The van der Waals surface area contributed by atoms with Gasteiger partial charge in [0.2, 0.25) is 0 Å². The number of hydrogen-bond donors (Lipinski definition) is 1.